The number of pyridine rings is 1. The molecule has 0 radical (unpaired) electrons. The zero-order valence-corrected chi connectivity index (χ0v) is 15.0. The molecule has 1 heterocycles. The largest absolute Gasteiger partial charge is 0.506 e. The first kappa shape index (κ1) is 18.6. The first-order valence-corrected chi connectivity index (χ1v) is 8.90. The van der Waals surface area contributed by atoms with Crippen LogP contribution in [0.25, 0.3) is 10.9 Å². The van der Waals surface area contributed by atoms with Crippen LogP contribution in [0.5, 0.6) is 5.75 Å². The van der Waals surface area contributed by atoms with Crippen LogP contribution in [0.1, 0.15) is 35.7 Å². The number of halogens is 1. The van der Waals surface area contributed by atoms with Gasteiger partial charge in [0, 0.05) is 18.5 Å². The van der Waals surface area contributed by atoms with Crippen molar-refractivity contribution in [2.24, 2.45) is 0 Å². The van der Waals surface area contributed by atoms with Crippen LogP contribution in [0, 0.1) is 5.82 Å². The monoisotopic (exact) mass is 368 g/mol. The molecule has 27 heavy (non-hydrogen) atoms. The van der Waals surface area contributed by atoms with E-state index in [9.17, 15) is 19.1 Å². The van der Waals surface area contributed by atoms with Crippen LogP contribution < -0.4 is 10.9 Å². The van der Waals surface area contributed by atoms with Gasteiger partial charge in [-0.2, -0.15) is 0 Å². The van der Waals surface area contributed by atoms with Crippen LogP contribution in [-0.4, -0.2) is 15.6 Å². The van der Waals surface area contributed by atoms with Crippen LogP contribution in [0.3, 0.4) is 0 Å². The zero-order chi connectivity index (χ0) is 19.4. The predicted molar refractivity (Wildman–Crippen MR) is 102 cm³/mol. The van der Waals surface area contributed by atoms with Gasteiger partial charge in [-0.1, -0.05) is 37.6 Å². The highest BCUT2D eigenvalue weighted by atomic mass is 19.1. The molecule has 2 N–H and O–H groups in total. The minimum atomic E-state index is -0.683. The maximum absolute atomic E-state index is 13.3. The van der Waals surface area contributed by atoms with Gasteiger partial charge in [0.25, 0.3) is 11.5 Å². The van der Waals surface area contributed by atoms with Crippen molar-refractivity contribution in [3.05, 3.63) is 75.8 Å². The second-order valence-corrected chi connectivity index (χ2v) is 6.36. The lowest BCUT2D eigenvalue weighted by Gasteiger charge is -2.15. The molecule has 5 nitrogen and oxygen atoms in total. The number of amides is 1. The van der Waals surface area contributed by atoms with Crippen molar-refractivity contribution in [2.75, 3.05) is 0 Å². The molecule has 1 amide bonds. The Hall–Kier alpha value is -3.15. The SMILES string of the molecule is CCCCn1c(=O)c(C(=O)NCc2cccc(F)c2)c(O)c2ccccc21. The third-order valence-corrected chi connectivity index (χ3v) is 4.45. The minimum Gasteiger partial charge on any atom is -0.506 e. The Labute approximate surface area is 156 Å². The van der Waals surface area contributed by atoms with E-state index >= 15 is 0 Å². The number of para-hydroxylation sites is 1. The lowest BCUT2D eigenvalue weighted by molar-refractivity contribution is 0.0946. The van der Waals surface area contributed by atoms with E-state index in [-0.39, 0.29) is 17.9 Å². The first-order valence-electron chi connectivity index (χ1n) is 8.90. The van der Waals surface area contributed by atoms with E-state index in [1.807, 2.05) is 6.92 Å². The van der Waals surface area contributed by atoms with E-state index in [0.717, 1.165) is 12.8 Å². The number of aromatic hydroxyl groups is 1. The fourth-order valence-electron chi connectivity index (χ4n) is 3.05. The number of fused-ring (bicyclic) bond motifs is 1. The Bertz CT molecular complexity index is 1040. The lowest BCUT2D eigenvalue weighted by Crippen LogP contribution is -2.33. The summed E-state index contributed by atoms with van der Waals surface area (Å²) in [5, 5.41) is 13.6. The fraction of sp³-hybridized carbons (Fsp3) is 0.238. The van der Waals surface area contributed by atoms with Gasteiger partial charge in [-0.3, -0.25) is 9.59 Å². The molecule has 0 spiro atoms. The molecular weight excluding hydrogens is 347 g/mol. The summed E-state index contributed by atoms with van der Waals surface area (Å²) < 4.78 is 14.8. The maximum Gasteiger partial charge on any atom is 0.267 e. The summed E-state index contributed by atoms with van der Waals surface area (Å²) in [5.41, 5.74) is 0.336. The Balaban J connectivity index is 1.99. The fourth-order valence-corrected chi connectivity index (χ4v) is 3.05. The second-order valence-electron chi connectivity index (χ2n) is 6.36. The van der Waals surface area contributed by atoms with Crippen molar-refractivity contribution < 1.29 is 14.3 Å². The number of aromatic nitrogens is 1. The van der Waals surface area contributed by atoms with Gasteiger partial charge in [0.1, 0.15) is 17.1 Å². The Morgan fingerprint density at radius 2 is 1.96 bits per heavy atom. The number of carbonyl (C=O) groups is 1. The van der Waals surface area contributed by atoms with Gasteiger partial charge in [-0.05, 0) is 36.2 Å². The summed E-state index contributed by atoms with van der Waals surface area (Å²) in [6.45, 7) is 2.53. The number of hydrogen-bond acceptors (Lipinski definition) is 3. The van der Waals surface area contributed by atoms with Crippen LogP contribution in [0.15, 0.2) is 53.3 Å². The molecular formula is C21H21FN2O3. The lowest BCUT2D eigenvalue weighted by atomic mass is 10.1. The van der Waals surface area contributed by atoms with Crippen LogP contribution in [0.4, 0.5) is 4.39 Å². The first-order chi connectivity index (χ1) is 13.0. The third-order valence-electron chi connectivity index (χ3n) is 4.45. The average molecular weight is 368 g/mol. The highest BCUT2D eigenvalue weighted by molar-refractivity contribution is 6.02. The molecule has 0 aliphatic rings. The average Bonchev–Trinajstić information content (AvgIpc) is 2.66. The molecule has 140 valence electrons. The number of unbranched alkanes of at least 4 members (excludes halogenated alkanes) is 1. The summed E-state index contributed by atoms with van der Waals surface area (Å²) in [6.07, 6.45) is 1.67. The molecule has 0 aliphatic carbocycles. The Morgan fingerprint density at radius 1 is 1.19 bits per heavy atom. The zero-order valence-electron chi connectivity index (χ0n) is 15.0. The molecule has 3 aromatic rings. The molecule has 0 saturated heterocycles. The number of benzene rings is 2. The van der Waals surface area contributed by atoms with Gasteiger partial charge >= 0.3 is 0 Å². The van der Waals surface area contributed by atoms with E-state index in [1.165, 1.54) is 16.7 Å². The van der Waals surface area contributed by atoms with E-state index in [0.29, 0.717) is 23.0 Å². The molecule has 0 saturated carbocycles. The molecule has 1 aromatic heterocycles. The summed E-state index contributed by atoms with van der Waals surface area (Å²) in [5.74, 6) is -1.42. The quantitative estimate of drug-likeness (QED) is 0.699. The van der Waals surface area contributed by atoms with Crippen LogP contribution in [-0.2, 0) is 13.1 Å². The number of nitrogens with zero attached hydrogens (tertiary/aromatic N) is 1. The van der Waals surface area contributed by atoms with E-state index in [1.54, 1.807) is 36.4 Å². The van der Waals surface area contributed by atoms with E-state index in [2.05, 4.69) is 5.32 Å². The molecule has 0 atom stereocenters. The molecule has 6 heteroatoms. The summed E-state index contributed by atoms with van der Waals surface area (Å²) in [4.78, 5) is 25.5. The van der Waals surface area contributed by atoms with Crippen molar-refractivity contribution >= 4 is 16.8 Å². The summed E-state index contributed by atoms with van der Waals surface area (Å²) in [7, 11) is 0. The maximum atomic E-state index is 13.3. The smallest absolute Gasteiger partial charge is 0.267 e. The number of nitrogens with one attached hydrogen (secondary N) is 1. The van der Waals surface area contributed by atoms with Crippen molar-refractivity contribution in [3.63, 3.8) is 0 Å². The topological polar surface area (TPSA) is 71.3 Å². The summed E-state index contributed by atoms with van der Waals surface area (Å²) >= 11 is 0. The molecule has 3 rings (SSSR count). The van der Waals surface area contributed by atoms with Gasteiger partial charge in [0.2, 0.25) is 0 Å². The molecule has 2 aromatic carbocycles. The van der Waals surface area contributed by atoms with Crippen LogP contribution in [0.2, 0.25) is 0 Å². The third kappa shape index (κ3) is 3.84. The highest BCUT2D eigenvalue weighted by Gasteiger charge is 2.21. The number of aryl methyl sites for hydroxylation is 1. The van der Waals surface area contributed by atoms with Gasteiger partial charge in [-0.25, -0.2) is 4.39 Å². The van der Waals surface area contributed by atoms with E-state index < -0.39 is 17.3 Å². The minimum absolute atomic E-state index is 0.0528. The molecule has 0 aliphatic heterocycles. The van der Waals surface area contributed by atoms with Crippen molar-refractivity contribution in [1.29, 1.82) is 0 Å². The number of carbonyl (C=O) groups excluding carboxylic acids is 1. The normalized spacial score (nSPS) is 10.9. The molecule has 0 fully saturated rings. The number of hydrogen-bond donors (Lipinski definition) is 2. The van der Waals surface area contributed by atoms with E-state index in [4.69, 9.17) is 0 Å². The second kappa shape index (κ2) is 8.03. The highest BCUT2D eigenvalue weighted by Crippen LogP contribution is 2.26. The summed E-state index contributed by atoms with van der Waals surface area (Å²) in [6, 6.07) is 12.8. The van der Waals surface area contributed by atoms with Gasteiger partial charge in [-0.15, -0.1) is 0 Å². The van der Waals surface area contributed by atoms with Crippen molar-refractivity contribution in [2.45, 2.75) is 32.9 Å². The Morgan fingerprint density at radius 3 is 2.70 bits per heavy atom. The molecule has 0 unspecified atom stereocenters. The van der Waals surface area contributed by atoms with Gasteiger partial charge < -0.3 is 15.0 Å². The van der Waals surface area contributed by atoms with Crippen molar-refractivity contribution in [1.82, 2.24) is 9.88 Å². The van der Waals surface area contributed by atoms with Crippen molar-refractivity contribution in [3.8, 4) is 5.75 Å². The van der Waals surface area contributed by atoms with Gasteiger partial charge in [0.15, 0.2) is 0 Å². The Kier molecular flexibility index (Phi) is 5.54. The molecule has 0 bridgehead atoms. The number of rotatable bonds is 6. The van der Waals surface area contributed by atoms with Gasteiger partial charge in [0.05, 0.1) is 5.52 Å². The predicted octanol–water partition coefficient (Wildman–Crippen LogP) is 3.58. The van der Waals surface area contributed by atoms with Crippen LogP contribution >= 0.6 is 0 Å². The standard InChI is InChI=1S/C21H21FN2O3/c1-2-3-11-24-17-10-5-4-9-16(17)19(25)18(21(24)27)20(26)23-13-14-7-6-8-15(22)12-14/h4-10,12,25H,2-3,11,13H2,1H3,(H,23,26).